The van der Waals surface area contributed by atoms with Gasteiger partial charge in [0.05, 0.1) is 33.1 Å². The Bertz CT molecular complexity index is 990. The lowest BCUT2D eigenvalue weighted by Crippen LogP contribution is -2.35. The number of anilines is 2. The largest absolute Gasteiger partial charge is 0.481 e. The van der Waals surface area contributed by atoms with Crippen molar-refractivity contribution in [2.45, 2.75) is 12.8 Å². The quantitative estimate of drug-likeness (QED) is 0.588. The number of carboxylic acid groups (broad SMARTS) is 1. The topological polar surface area (TPSA) is 95.5 Å². The number of rotatable bonds is 5. The van der Waals surface area contributed by atoms with Gasteiger partial charge in [-0.15, -0.1) is 0 Å². The number of amides is 2. The zero-order valence-electron chi connectivity index (χ0n) is 15.2. The summed E-state index contributed by atoms with van der Waals surface area (Å²) in [7, 11) is 0. The third kappa shape index (κ3) is 4.96. The number of carbonyl (C=O) groups excluding carboxylic acids is 2. The van der Waals surface area contributed by atoms with Crippen molar-refractivity contribution in [1.29, 1.82) is 0 Å². The van der Waals surface area contributed by atoms with Crippen molar-refractivity contribution in [1.82, 2.24) is 0 Å². The third-order valence-electron chi connectivity index (χ3n) is 4.69. The van der Waals surface area contributed by atoms with Crippen molar-refractivity contribution in [3.8, 4) is 0 Å². The van der Waals surface area contributed by atoms with Gasteiger partial charge < -0.3 is 15.7 Å². The maximum Gasteiger partial charge on any atom is 0.307 e. The Morgan fingerprint density at radius 2 is 1.59 bits per heavy atom. The molecule has 1 aliphatic rings. The number of carbonyl (C=O) groups is 3. The van der Waals surface area contributed by atoms with E-state index in [4.69, 9.17) is 23.2 Å². The molecule has 0 fully saturated rings. The number of allylic oxidation sites excluding steroid dienone is 2. The van der Waals surface area contributed by atoms with E-state index in [9.17, 15) is 19.5 Å². The lowest BCUT2D eigenvalue weighted by molar-refractivity contribution is -0.146. The maximum atomic E-state index is 12.7. The summed E-state index contributed by atoms with van der Waals surface area (Å²) in [6, 6.07) is 11.2. The summed E-state index contributed by atoms with van der Waals surface area (Å²) in [5.74, 6) is -3.39. The van der Waals surface area contributed by atoms with Crippen LogP contribution in [-0.4, -0.2) is 22.9 Å². The highest BCUT2D eigenvalue weighted by Crippen LogP contribution is 2.29. The average Bonchev–Trinajstić information content (AvgIpc) is 2.71. The van der Waals surface area contributed by atoms with E-state index in [1.165, 1.54) is 6.07 Å². The minimum atomic E-state index is -1.01. The van der Waals surface area contributed by atoms with Crippen LogP contribution in [0.25, 0.3) is 0 Å². The van der Waals surface area contributed by atoms with E-state index in [1.54, 1.807) is 48.6 Å². The summed E-state index contributed by atoms with van der Waals surface area (Å²) in [6.45, 7) is 0. The summed E-state index contributed by atoms with van der Waals surface area (Å²) in [4.78, 5) is 36.9. The zero-order valence-corrected chi connectivity index (χ0v) is 16.7. The molecule has 2 aromatic carbocycles. The molecular weight excluding hydrogens is 415 g/mol. The predicted octanol–water partition coefficient (Wildman–Crippen LogP) is 4.85. The number of benzene rings is 2. The van der Waals surface area contributed by atoms with Crippen LogP contribution in [0, 0.1) is 11.8 Å². The molecule has 1 aliphatic carbocycles. The predicted molar refractivity (Wildman–Crippen MR) is 112 cm³/mol. The smallest absolute Gasteiger partial charge is 0.307 e. The van der Waals surface area contributed by atoms with Crippen molar-refractivity contribution in [3.63, 3.8) is 0 Å². The molecule has 0 saturated heterocycles. The molecule has 6 nitrogen and oxygen atoms in total. The van der Waals surface area contributed by atoms with Crippen molar-refractivity contribution in [2.75, 3.05) is 10.6 Å². The highest BCUT2D eigenvalue weighted by Gasteiger charge is 2.34. The van der Waals surface area contributed by atoms with Crippen LogP contribution in [0.2, 0.25) is 10.0 Å². The van der Waals surface area contributed by atoms with Crippen LogP contribution in [0.5, 0.6) is 0 Å². The van der Waals surface area contributed by atoms with Gasteiger partial charge in [0.15, 0.2) is 0 Å². The highest BCUT2D eigenvalue weighted by molar-refractivity contribution is 6.42. The molecule has 0 heterocycles. The number of hydrogen-bond acceptors (Lipinski definition) is 3. The van der Waals surface area contributed by atoms with E-state index in [0.717, 1.165) is 0 Å². The van der Waals surface area contributed by atoms with Crippen LogP contribution in [0.15, 0.2) is 54.6 Å². The number of carboxylic acids is 1. The van der Waals surface area contributed by atoms with Crippen molar-refractivity contribution in [3.05, 3.63) is 70.2 Å². The van der Waals surface area contributed by atoms with Crippen molar-refractivity contribution >= 4 is 52.4 Å². The van der Waals surface area contributed by atoms with Gasteiger partial charge in [0.1, 0.15) is 0 Å². The van der Waals surface area contributed by atoms with Gasteiger partial charge >= 0.3 is 5.97 Å². The summed E-state index contributed by atoms with van der Waals surface area (Å²) in [5, 5.41) is 15.5. The summed E-state index contributed by atoms with van der Waals surface area (Å²) in [5.41, 5.74) is 0.993. The lowest BCUT2D eigenvalue weighted by Gasteiger charge is -2.24. The molecule has 3 rings (SSSR count). The first-order valence-corrected chi connectivity index (χ1v) is 9.66. The Morgan fingerprint density at radius 1 is 0.897 bits per heavy atom. The maximum absolute atomic E-state index is 12.7. The zero-order chi connectivity index (χ0) is 21.0. The number of para-hydroxylation sites is 1. The Labute approximate surface area is 177 Å². The van der Waals surface area contributed by atoms with Gasteiger partial charge in [0.2, 0.25) is 5.91 Å². The second-order valence-electron chi connectivity index (χ2n) is 6.61. The van der Waals surface area contributed by atoms with Gasteiger partial charge in [-0.05, 0) is 43.2 Å². The average molecular weight is 433 g/mol. The first-order chi connectivity index (χ1) is 13.9. The van der Waals surface area contributed by atoms with Crippen LogP contribution in [0.1, 0.15) is 23.2 Å². The Morgan fingerprint density at radius 3 is 2.28 bits per heavy atom. The highest BCUT2D eigenvalue weighted by atomic mass is 35.5. The standard InChI is InChI=1S/C21H18Cl2N2O4/c22-16-10-9-12(11-17(16)23)24-20(27)15-7-3-4-8-18(15)25-19(26)13-5-1-2-6-14(13)21(28)29/h1-4,7-11,13-14H,5-6H2,(H,24,27)(H,25,26)(H,28,29)/t13-,14-/m0/s1. The Balaban J connectivity index is 1.78. The van der Waals surface area contributed by atoms with E-state index in [0.29, 0.717) is 34.3 Å². The van der Waals surface area contributed by atoms with E-state index in [-0.39, 0.29) is 5.56 Å². The van der Waals surface area contributed by atoms with Crippen molar-refractivity contribution in [2.24, 2.45) is 11.8 Å². The molecule has 8 heteroatoms. The van der Waals surface area contributed by atoms with Gasteiger partial charge in [-0.2, -0.15) is 0 Å². The fourth-order valence-electron chi connectivity index (χ4n) is 3.16. The van der Waals surface area contributed by atoms with E-state index < -0.39 is 29.6 Å². The summed E-state index contributed by atoms with van der Waals surface area (Å²) >= 11 is 11.9. The van der Waals surface area contributed by atoms with Gasteiger partial charge in [0, 0.05) is 5.69 Å². The SMILES string of the molecule is O=C(Nc1ccc(Cl)c(Cl)c1)c1ccccc1NC(=O)[C@H]1CC=CC[C@@H]1C(=O)O. The number of hydrogen-bond donors (Lipinski definition) is 3. The van der Waals surface area contributed by atoms with Crippen molar-refractivity contribution < 1.29 is 19.5 Å². The van der Waals surface area contributed by atoms with E-state index in [2.05, 4.69) is 10.6 Å². The molecule has 0 aliphatic heterocycles. The molecule has 150 valence electrons. The molecule has 2 amide bonds. The van der Waals surface area contributed by atoms with Gasteiger partial charge in [-0.1, -0.05) is 47.5 Å². The second-order valence-corrected chi connectivity index (χ2v) is 7.43. The lowest BCUT2D eigenvalue weighted by atomic mass is 9.82. The number of halogens is 2. The van der Waals surface area contributed by atoms with Gasteiger partial charge in [-0.3, -0.25) is 14.4 Å². The summed E-state index contributed by atoms with van der Waals surface area (Å²) in [6.07, 6.45) is 4.20. The fourth-order valence-corrected chi connectivity index (χ4v) is 3.46. The molecule has 0 bridgehead atoms. The fraction of sp³-hybridized carbons (Fsp3) is 0.190. The second kappa shape index (κ2) is 9.11. The molecule has 0 radical (unpaired) electrons. The first-order valence-electron chi connectivity index (χ1n) is 8.91. The van der Waals surface area contributed by atoms with Crippen LogP contribution >= 0.6 is 23.2 Å². The van der Waals surface area contributed by atoms with E-state index >= 15 is 0 Å². The van der Waals surface area contributed by atoms with Crippen LogP contribution in [0.3, 0.4) is 0 Å². The normalized spacial score (nSPS) is 18.1. The van der Waals surface area contributed by atoms with Gasteiger partial charge in [0.25, 0.3) is 5.91 Å². The Hall–Kier alpha value is -2.83. The molecule has 0 aromatic heterocycles. The summed E-state index contributed by atoms with van der Waals surface area (Å²) < 4.78 is 0. The number of nitrogens with one attached hydrogen (secondary N) is 2. The molecule has 2 atom stereocenters. The minimum Gasteiger partial charge on any atom is -0.481 e. The molecule has 0 unspecified atom stereocenters. The molecule has 3 N–H and O–H groups in total. The van der Waals surface area contributed by atoms with Crippen LogP contribution in [0.4, 0.5) is 11.4 Å². The molecule has 0 saturated carbocycles. The first kappa shape index (κ1) is 20.9. The molecule has 0 spiro atoms. The van der Waals surface area contributed by atoms with Crippen LogP contribution < -0.4 is 10.6 Å². The van der Waals surface area contributed by atoms with Gasteiger partial charge in [-0.25, -0.2) is 0 Å². The number of aliphatic carboxylic acids is 1. The monoisotopic (exact) mass is 432 g/mol. The molecular formula is C21H18Cl2N2O4. The minimum absolute atomic E-state index is 0.241. The molecule has 2 aromatic rings. The third-order valence-corrected chi connectivity index (χ3v) is 5.43. The van der Waals surface area contributed by atoms with Crippen LogP contribution in [-0.2, 0) is 9.59 Å². The van der Waals surface area contributed by atoms with E-state index in [1.807, 2.05) is 0 Å². The Kier molecular flexibility index (Phi) is 6.56. The molecule has 29 heavy (non-hydrogen) atoms.